The van der Waals surface area contributed by atoms with E-state index in [1.165, 1.54) is 0 Å². The molecule has 0 aromatic rings. The number of aliphatic hydroxyl groups excluding tert-OH is 30. The van der Waals surface area contributed by atoms with Crippen molar-refractivity contribution in [3.63, 3.8) is 0 Å². The van der Waals surface area contributed by atoms with E-state index in [2.05, 4.69) is 31.9 Å². The lowest BCUT2D eigenvalue weighted by Gasteiger charge is -2.51. The van der Waals surface area contributed by atoms with Crippen molar-refractivity contribution in [3.05, 3.63) is 0 Å². The molecule has 0 spiro atoms. The molecule has 842 valence electrons. The maximum Gasteiger partial charge on any atom is 0.364 e. The fraction of sp³-hybridized carbons (Fsp3) is 0.914. The van der Waals surface area contributed by atoms with Gasteiger partial charge in [0.15, 0.2) is 62.9 Å². The minimum Gasteiger partial charge on any atom is -0.477 e. The van der Waals surface area contributed by atoms with Crippen LogP contribution in [0.15, 0.2) is 0 Å². The molecule has 11 aliphatic heterocycles. The molecule has 65 heteroatoms. The summed E-state index contributed by atoms with van der Waals surface area (Å²) in [5.41, 5.74) is 0. The summed E-state index contributed by atoms with van der Waals surface area (Å²) in [6, 6.07) is -11.6. The first-order valence-corrected chi connectivity index (χ1v) is 46.3. The summed E-state index contributed by atoms with van der Waals surface area (Å²) in [5, 5.41) is 363. The molecule has 11 heterocycles. The summed E-state index contributed by atoms with van der Waals surface area (Å²) in [6.45, 7) is -7.70. The number of carbonyl (C=O) groups is 7. The molecule has 11 aliphatic rings. The number of carbonyl (C=O) groups excluding carboxylic acids is 6. The van der Waals surface area contributed by atoms with Crippen LogP contribution in [0.25, 0.3) is 0 Å². The van der Waals surface area contributed by atoms with Crippen LogP contribution in [0.2, 0.25) is 0 Å². The van der Waals surface area contributed by atoms with Crippen LogP contribution in [0.5, 0.6) is 0 Å². The summed E-state index contributed by atoms with van der Waals surface area (Å²) in [7, 11) is 0. The minimum atomic E-state index is -3.14. The molecule has 146 heavy (non-hydrogen) atoms. The van der Waals surface area contributed by atoms with Crippen molar-refractivity contribution in [2.45, 2.75) is 391 Å². The van der Waals surface area contributed by atoms with E-state index in [4.69, 9.17) is 99.5 Å². The maximum atomic E-state index is 13.4. The minimum absolute atomic E-state index is 0.830. The largest absolute Gasteiger partial charge is 0.477 e. The molecule has 0 aliphatic carbocycles. The Morgan fingerprint density at radius 2 is 0.562 bits per heavy atom. The highest BCUT2D eigenvalue weighted by Gasteiger charge is 2.64. The van der Waals surface area contributed by atoms with Crippen LogP contribution in [0.3, 0.4) is 0 Å². The van der Waals surface area contributed by atoms with Crippen LogP contribution in [0.1, 0.15) is 48.0 Å². The molecule has 0 saturated carbocycles. The predicted octanol–water partition coefficient (Wildman–Crippen LogP) is -24.9. The fourth-order valence-electron chi connectivity index (χ4n) is 18.8. The van der Waals surface area contributed by atoms with Gasteiger partial charge in [-0.15, -0.1) is 0 Å². The van der Waals surface area contributed by atoms with E-state index in [1.54, 1.807) is 0 Å². The monoisotopic (exact) mass is 2130 g/mol. The molecule has 0 radical (unpaired) electrons. The summed E-state index contributed by atoms with van der Waals surface area (Å²) >= 11 is 0. The topological polar surface area (TPSA) is 1010 Å². The lowest BCUT2D eigenvalue weighted by atomic mass is 9.88. The Kier molecular flexibility index (Phi) is 43.3. The molecule has 65 nitrogen and oxygen atoms in total. The molecule has 0 unspecified atom stereocenters. The van der Waals surface area contributed by atoms with Gasteiger partial charge >= 0.3 is 5.97 Å². The molecule has 11 fully saturated rings. The van der Waals surface area contributed by atoms with E-state index in [-0.39, 0.29) is 0 Å². The third-order valence-electron chi connectivity index (χ3n) is 26.4. The first-order chi connectivity index (χ1) is 68.9. The van der Waals surface area contributed by atoms with E-state index < -0.39 is 464 Å². The molecule has 6 amide bonds. The van der Waals surface area contributed by atoms with Crippen LogP contribution < -0.4 is 31.9 Å². The average molecular weight is 2140 g/mol. The molecular formula is C81H134N6O59. The van der Waals surface area contributed by atoms with Crippen molar-refractivity contribution in [2.24, 2.45) is 0 Å². The Morgan fingerprint density at radius 3 is 0.966 bits per heavy atom. The Labute approximate surface area is 825 Å². The Hall–Kier alpha value is -5.75. The number of carboxylic acids is 1. The molecule has 0 bridgehead atoms. The summed E-state index contributed by atoms with van der Waals surface area (Å²) < 4.78 is 125. The Morgan fingerprint density at radius 1 is 0.281 bits per heavy atom. The zero-order valence-electron chi connectivity index (χ0n) is 78.5. The van der Waals surface area contributed by atoms with E-state index >= 15 is 0 Å². The first kappa shape index (κ1) is 120. The second-order valence-electron chi connectivity index (χ2n) is 36.7. The van der Waals surface area contributed by atoms with Gasteiger partial charge in [-0.25, -0.2) is 4.79 Å². The third-order valence-corrected chi connectivity index (χ3v) is 26.4. The van der Waals surface area contributed by atoms with Crippen molar-refractivity contribution in [1.82, 2.24) is 31.9 Å². The van der Waals surface area contributed by atoms with Crippen LogP contribution in [-0.2, 0) is 133 Å². The van der Waals surface area contributed by atoms with Crippen molar-refractivity contribution < 1.29 is 291 Å². The van der Waals surface area contributed by atoms with Crippen LogP contribution in [-0.4, -0.2) is 615 Å². The fourth-order valence-corrected chi connectivity index (χ4v) is 18.8. The van der Waals surface area contributed by atoms with Gasteiger partial charge in [0.25, 0.3) is 5.79 Å². The number of rotatable bonds is 40. The lowest BCUT2D eigenvalue weighted by Crippen LogP contribution is -2.71. The van der Waals surface area contributed by atoms with E-state index in [0.717, 1.165) is 41.5 Å². The highest BCUT2D eigenvalue weighted by molar-refractivity contribution is 5.77. The number of amides is 6. The number of carboxylic acid groups (broad SMARTS) is 1. The quantitative estimate of drug-likeness (QED) is 0.0271. The number of hydrogen-bond acceptors (Lipinski definition) is 58. The molecule has 0 aromatic carbocycles. The maximum absolute atomic E-state index is 13.4. The molecular weight excluding hydrogens is 2000 g/mol. The van der Waals surface area contributed by atoms with Crippen LogP contribution in [0, 0.1) is 0 Å². The van der Waals surface area contributed by atoms with Gasteiger partial charge in [0.1, 0.15) is 262 Å². The second-order valence-corrected chi connectivity index (χ2v) is 36.7. The van der Waals surface area contributed by atoms with Gasteiger partial charge in [0.05, 0.1) is 84.8 Å². The van der Waals surface area contributed by atoms with Gasteiger partial charge in [0.2, 0.25) is 35.4 Å². The van der Waals surface area contributed by atoms with E-state index in [1.807, 2.05) is 0 Å². The van der Waals surface area contributed by atoms with Crippen molar-refractivity contribution in [3.8, 4) is 0 Å². The Bertz CT molecular complexity index is 4160. The van der Waals surface area contributed by atoms with Gasteiger partial charge in [0, 0.05) is 48.0 Å². The number of hydrogen-bond donors (Lipinski definition) is 37. The number of aliphatic carboxylic acids is 1. The molecule has 0 aromatic heterocycles. The molecule has 11 saturated heterocycles. The average Bonchev–Trinajstić information content (AvgIpc) is 0.770. The zero-order chi connectivity index (χ0) is 108. The van der Waals surface area contributed by atoms with Crippen molar-refractivity contribution in [1.29, 1.82) is 0 Å². The van der Waals surface area contributed by atoms with Crippen LogP contribution in [0.4, 0.5) is 0 Å². The van der Waals surface area contributed by atoms with E-state index in [9.17, 15) is 192 Å². The second kappa shape index (κ2) is 52.5. The molecule has 56 atom stereocenters. The number of nitrogens with one attached hydrogen (secondary N) is 6. The lowest BCUT2D eigenvalue weighted by molar-refractivity contribution is -0.398. The summed E-state index contributed by atoms with van der Waals surface area (Å²) in [5.74, 6) is -11.0. The van der Waals surface area contributed by atoms with Crippen molar-refractivity contribution >= 4 is 41.4 Å². The Balaban J connectivity index is 0.899. The molecule has 11 rings (SSSR count). The number of ether oxygens (including phenoxy) is 21. The first-order valence-electron chi connectivity index (χ1n) is 46.3. The SMILES string of the molecule is CC(=O)N[C@@H]1[C@@H](O)[C@H](O[C@@H]2O[C@H](CO)[C@@H](O[C@@H]3O[C@H](CO[C@H]4O[C@H](CO)[C@@H](O)[C@H](O)[C@@H]4O[C@@H]4O[C@H](CO)[C@@H](O[C@@H]5O[C@H](CO)[C@H](O[C@@H]6O[C@H](CO)[C@H](O)[C@H](O)[C@H]6O)[C@H](O)[C@H]5O)[C@H](O)[C@H]4NC(C)=O)[C@@H](O)[C@H](O[C@H]4O[C@H](CO)[C@@H](O)[C@H](O)[C@@H]4O[C@@H]4O[C@H](CO)[C@@H](O[C@@H]5O[C@H](CO[C@]6(C(=O)O)C[C@H](O)[C@@H](NC(C)=O)[C@H]([C@H](O)[C@H](O)CO)O6)[C@H](O)[C@H](O)[C@H]5NC(C)=O)[C@H](O)[C@H]4NC(C)=O)[C@@H]3O)[C@H](O)[C@H]2NC(C)=O)[C@@H](CO)O[C@H]1O. The third kappa shape index (κ3) is 26.9. The zero-order valence-corrected chi connectivity index (χ0v) is 78.5. The van der Waals surface area contributed by atoms with Gasteiger partial charge in [-0.05, 0) is 0 Å². The normalized spacial score (nSPS) is 47.0. The predicted molar refractivity (Wildman–Crippen MR) is 449 cm³/mol. The summed E-state index contributed by atoms with van der Waals surface area (Å²) in [4.78, 5) is 90.4. The molecule has 37 N–H and O–H groups in total. The van der Waals surface area contributed by atoms with Gasteiger partial charge < -0.3 is 290 Å². The highest BCUT2D eigenvalue weighted by atomic mass is 16.8. The van der Waals surface area contributed by atoms with Crippen molar-refractivity contribution in [2.75, 3.05) is 72.7 Å². The van der Waals surface area contributed by atoms with Gasteiger partial charge in [-0.3, -0.25) is 28.8 Å². The smallest absolute Gasteiger partial charge is 0.364 e. The number of aliphatic hydroxyl groups is 30. The van der Waals surface area contributed by atoms with Crippen LogP contribution >= 0.6 is 0 Å². The van der Waals surface area contributed by atoms with E-state index in [0.29, 0.717) is 0 Å². The van der Waals surface area contributed by atoms with Gasteiger partial charge in [-0.2, -0.15) is 0 Å². The summed E-state index contributed by atoms with van der Waals surface area (Å²) in [6.07, 6.45) is -109. The standard InChI is InChI=1S/C81H134N6O59/c1-19(97)82-37-25(103)7-81(80(124)125,146-66(37)43(105)26(104)8-88)127-18-36-47(109)49(111)39(84-21(3)99)71(136-36)139-62-31(13-93)133-74(41(51(62)113)86-23(5)101)145-69-56(118)46(108)29(11-91)131-79(69)143-67-48(110)35(137-77(60(67)122)141-64-33(15-95)132-72(40(52(64)114)85-22(4)100)138-61-30(12-92)128-70(123)38(50(61)112)83-20(2)98)17-126-78-68(55(117)45(107)28(10-90)130-78)144-73-42(87-24(6)102)53(115)63(32(14-94)134-73)140-76-59(121)57(119)65(34(16-96)135-76)142-75-58(120)54(116)44(106)27(9-89)129-75/h25-79,88-96,103-123H,7-18H2,1-6H3,(H,82,97)(H,83,98)(H,84,99)(H,85,100)(H,86,101)(H,87,102)(H,124,125)/t25-,26+,27+,28+,29+,30+,31+,32+,33+,34+,35+,36+,37+,38+,39+,40+,41+,42+,43+,44-,45+,46+,47-,48+,49+,50+,51+,52+,53+,54-,55-,56-,57+,58+,59+,60-,61+,62+,63+,64+,65-,66+,67-,68-,69-,70+,71-,72-,73-,74-,75-,76-,77-,78-,79+,81+/m0/s1. The van der Waals surface area contributed by atoms with Gasteiger partial charge in [-0.1, -0.05) is 0 Å². The highest BCUT2D eigenvalue weighted by Crippen LogP contribution is 2.43.